The molecule has 2 aromatic carbocycles. The molecule has 190 valence electrons. The Balaban J connectivity index is 1.52. The number of hydrogen-bond donors (Lipinski definition) is 1. The first-order chi connectivity index (χ1) is 16.6. The Morgan fingerprint density at radius 1 is 1.03 bits per heavy atom. The van der Waals surface area contributed by atoms with Gasteiger partial charge in [0.05, 0.1) is 13.0 Å². The van der Waals surface area contributed by atoms with Crippen LogP contribution in [0.4, 0.5) is 14.5 Å². The van der Waals surface area contributed by atoms with Crippen LogP contribution in [-0.4, -0.2) is 31.1 Å². The molecule has 1 N–H and O–H groups in total. The van der Waals surface area contributed by atoms with Crippen LogP contribution in [0.2, 0.25) is 0 Å². The lowest BCUT2D eigenvalue weighted by atomic mass is 9.64. The first kappa shape index (κ1) is 25.5. The van der Waals surface area contributed by atoms with Crippen molar-refractivity contribution in [3.05, 3.63) is 60.2 Å². The molecule has 0 aromatic heterocycles. The summed E-state index contributed by atoms with van der Waals surface area (Å²) in [6.07, 6.45) is 2.24. The Bertz CT molecular complexity index is 993. The van der Waals surface area contributed by atoms with Crippen molar-refractivity contribution in [1.82, 2.24) is 0 Å². The van der Waals surface area contributed by atoms with E-state index in [0.717, 1.165) is 19.3 Å². The number of carbonyl (C=O) groups excluding carboxylic acids is 1. The van der Waals surface area contributed by atoms with E-state index in [1.54, 1.807) is 31.4 Å². The largest absolute Gasteiger partial charge is 0.497 e. The highest BCUT2D eigenvalue weighted by atomic mass is 19.3. The number of nitrogens with one attached hydrogen (secondary N) is 1. The van der Waals surface area contributed by atoms with E-state index in [-0.39, 0.29) is 30.3 Å². The molecule has 4 rings (SSSR count). The van der Waals surface area contributed by atoms with Gasteiger partial charge in [0, 0.05) is 18.0 Å². The summed E-state index contributed by atoms with van der Waals surface area (Å²) in [5.74, 6) is -3.21. The number of hydrogen-bond acceptors (Lipinski definition) is 4. The molecule has 2 aromatic rings. The zero-order chi connectivity index (χ0) is 25.2. The lowest BCUT2D eigenvalue weighted by molar-refractivity contribution is -0.162. The van der Waals surface area contributed by atoms with Gasteiger partial charge in [0.2, 0.25) is 0 Å². The van der Waals surface area contributed by atoms with Crippen LogP contribution in [-0.2, 0) is 14.9 Å². The molecule has 2 fully saturated rings. The van der Waals surface area contributed by atoms with Gasteiger partial charge in [0.15, 0.2) is 0 Å². The zero-order valence-electron chi connectivity index (χ0n) is 21.1. The Kier molecular flexibility index (Phi) is 7.39. The highest BCUT2D eigenvalue weighted by molar-refractivity contribution is 5.75. The maximum absolute atomic E-state index is 14.9. The summed E-state index contributed by atoms with van der Waals surface area (Å²) in [5.41, 5.74) is 1.53. The first-order valence-electron chi connectivity index (χ1n) is 12.7. The molecule has 2 aliphatic rings. The maximum Gasteiger partial charge on any atom is 0.311 e. The predicted octanol–water partition coefficient (Wildman–Crippen LogP) is 6.85. The second-order valence-corrected chi connectivity index (χ2v) is 10.8. The van der Waals surface area contributed by atoms with E-state index in [0.29, 0.717) is 17.4 Å². The van der Waals surface area contributed by atoms with Crippen molar-refractivity contribution in [2.45, 2.75) is 76.4 Å². The highest BCUT2D eigenvalue weighted by Gasteiger charge is 2.54. The van der Waals surface area contributed by atoms with Gasteiger partial charge >= 0.3 is 5.97 Å². The lowest BCUT2D eigenvalue weighted by Gasteiger charge is -2.44. The highest BCUT2D eigenvalue weighted by Crippen LogP contribution is 2.46. The molecule has 0 aliphatic heterocycles. The molecule has 5 atom stereocenters. The lowest BCUT2D eigenvalue weighted by Crippen LogP contribution is -2.46. The van der Waals surface area contributed by atoms with Crippen LogP contribution in [0.3, 0.4) is 0 Å². The summed E-state index contributed by atoms with van der Waals surface area (Å²) >= 11 is 0. The van der Waals surface area contributed by atoms with Crippen molar-refractivity contribution < 1.29 is 23.0 Å². The van der Waals surface area contributed by atoms with Gasteiger partial charge in [-0.05, 0) is 60.4 Å². The normalized spacial score (nSPS) is 28.3. The van der Waals surface area contributed by atoms with Crippen molar-refractivity contribution in [3.63, 3.8) is 0 Å². The third kappa shape index (κ3) is 5.46. The molecular weight excluding hydrogens is 448 g/mol. The molecule has 2 aliphatic carbocycles. The Hall–Kier alpha value is -2.63. The first-order valence-corrected chi connectivity index (χ1v) is 12.7. The fraction of sp³-hybridized carbons (Fsp3) is 0.552. The average molecular weight is 486 g/mol. The molecule has 0 amide bonds. The minimum Gasteiger partial charge on any atom is -0.497 e. The summed E-state index contributed by atoms with van der Waals surface area (Å²) in [7, 11) is 1.55. The summed E-state index contributed by atoms with van der Waals surface area (Å²) in [5, 5.41) is 2.92. The zero-order valence-corrected chi connectivity index (χ0v) is 21.1. The van der Waals surface area contributed by atoms with E-state index in [2.05, 4.69) is 38.2 Å². The van der Waals surface area contributed by atoms with Crippen molar-refractivity contribution in [2.24, 2.45) is 17.8 Å². The van der Waals surface area contributed by atoms with E-state index < -0.39 is 23.9 Å². The molecule has 0 saturated heterocycles. The summed E-state index contributed by atoms with van der Waals surface area (Å²) in [6.45, 7) is 6.56. The van der Waals surface area contributed by atoms with Crippen LogP contribution >= 0.6 is 0 Å². The van der Waals surface area contributed by atoms with Gasteiger partial charge in [-0.25, -0.2) is 8.78 Å². The van der Waals surface area contributed by atoms with Gasteiger partial charge in [-0.3, -0.25) is 4.79 Å². The molecule has 0 bridgehead atoms. The molecule has 35 heavy (non-hydrogen) atoms. The predicted molar refractivity (Wildman–Crippen MR) is 134 cm³/mol. The van der Waals surface area contributed by atoms with Crippen LogP contribution in [0.15, 0.2) is 54.6 Å². The van der Waals surface area contributed by atoms with Crippen molar-refractivity contribution in [1.29, 1.82) is 0 Å². The average Bonchev–Trinajstić information content (AvgIpc) is 3.14. The molecule has 6 heteroatoms. The van der Waals surface area contributed by atoms with E-state index in [4.69, 9.17) is 9.47 Å². The van der Waals surface area contributed by atoms with E-state index in [1.165, 1.54) is 5.56 Å². The minimum absolute atomic E-state index is 0.106. The number of ether oxygens (including phenoxy) is 2. The standard InChI is InChI=1S/C29H37F2NO3/c1-19-10-15-24(28(2,3)20-8-6-5-7-9-20)25(18-19)35-27(33)23-16-17-29(30,31)26(23)32-21-11-13-22(34-4)14-12-21/h5-9,11-14,19,23-26,32H,10,15-18H2,1-4H3/t19-,23+,24-,25-,26-/m1/s1. The SMILES string of the molecule is COc1ccc(N[C@@H]2[C@@H](C(=O)O[C@@H]3C[C@H](C)CC[C@H]3C(C)(C)c3ccccc3)CCC2(F)F)cc1. The summed E-state index contributed by atoms with van der Waals surface area (Å²) in [6, 6.07) is 15.8. The number of esters is 1. The monoisotopic (exact) mass is 485 g/mol. The van der Waals surface area contributed by atoms with E-state index in [9.17, 15) is 13.6 Å². The number of carbonyl (C=O) groups is 1. The fourth-order valence-electron chi connectivity index (χ4n) is 5.89. The van der Waals surface area contributed by atoms with Gasteiger partial charge in [-0.1, -0.05) is 57.5 Å². The minimum atomic E-state index is -2.99. The molecule has 0 spiro atoms. The van der Waals surface area contributed by atoms with Gasteiger partial charge in [-0.2, -0.15) is 0 Å². The van der Waals surface area contributed by atoms with Gasteiger partial charge in [-0.15, -0.1) is 0 Å². The molecule has 0 heterocycles. The van der Waals surface area contributed by atoms with E-state index >= 15 is 0 Å². The van der Waals surface area contributed by atoms with Gasteiger partial charge < -0.3 is 14.8 Å². The number of alkyl halides is 2. The maximum atomic E-state index is 14.9. The number of halogens is 2. The number of rotatable bonds is 7. The Labute approximate surface area is 207 Å². The quantitative estimate of drug-likeness (QED) is 0.436. The summed E-state index contributed by atoms with van der Waals surface area (Å²) < 4.78 is 41.1. The van der Waals surface area contributed by atoms with E-state index in [1.807, 2.05) is 18.2 Å². The van der Waals surface area contributed by atoms with Crippen molar-refractivity contribution in [2.75, 3.05) is 12.4 Å². The number of anilines is 1. The van der Waals surface area contributed by atoms with Crippen LogP contribution in [0.5, 0.6) is 5.75 Å². The Morgan fingerprint density at radius 2 is 1.71 bits per heavy atom. The van der Waals surface area contributed by atoms with Crippen molar-refractivity contribution in [3.8, 4) is 5.75 Å². The van der Waals surface area contributed by atoms with Gasteiger partial charge in [0.1, 0.15) is 17.9 Å². The molecule has 0 unspecified atom stereocenters. The Morgan fingerprint density at radius 3 is 2.37 bits per heavy atom. The third-order valence-electron chi connectivity index (χ3n) is 8.13. The second kappa shape index (κ2) is 10.2. The van der Waals surface area contributed by atoms with Crippen LogP contribution < -0.4 is 10.1 Å². The van der Waals surface area contributed by atoms with Crippen LogP contribution in [0, 0.1) is 17.8 Å². The third-order valence-corrected chi connectivity index (χ3v) is 8.13. The molecular formula is C29H37F2NO3. The molecule has 0 radical (unpaired) electrons. The topological polar surface area (TPSA) is 47.6 Å². The van der Waals surface area contributed by atoms with Gasteiger partial charge in [0.25, 0.3) is 5.92 Å². The second-order valence-electron chi connectivity index (χ2n) is 10.8. The fourth-order valence-corrected chi connectivity index (χ4v) is 5.89. The van der Waals surface area contributed by atoms with Crippen molar-refractivity contribution >= 4 is 11.7 Å². The van der Waals surface area contributed by atoms with Crippen LogP contribution in [0.1, 0.15) is 58.4 Å². The summed E-state index contributed by atoms with van der Waals surface area (Å²) in [4.78, 5) is 13.4. The number of methoxy groups -OCH3 is 1. The number of benzene rings is 2. The molecule has 2 saturated carbocycles. The smallest absolute Gasteiger partial charge is 0.311 e. The molecule has 4 nitrogen and oxygen atoms in total. The van der Waals surface area contributed by atoms with Crippen LogP contribution in [0.25, 0.3) is 0 Å².